The van der Waals surface area contributed by atoms with E-state index in [-0.39, 0.29) is 11.8 Å². The number of benzene rings is 1. The number of thiazole rings is 1. The molecule has 0 bridgehead atoms. The minimum absolute atomic E-state index is 0.184. The molecule has 1 heterocycles. The predicted octanol–water partition coefficient (Wildman–Crippen LogP) is 3.85. The maximum absolute atomic E-state index is 12.5. The fourth-order valence-corrected chi connectivity index (χ4v) is 2.69. The van der Waals surface area contributed by atoms with Gasteiger partial charge in [-0.2, -0.15) is 0 Å². The topological polar surface area (TPSA) is 34.2 Å². The first-order chi connectivity index (χ1) is 9.89. The van der Waals surface area contributed by atoms with Crippen molar-refractivity contribution in [2.45, 2.75) is 25.7 Å². The van der Waals surface area contributed by atoms with Crippen molar-refractivity contribution in [3.63, 3.8) is 0 Å². The van der Waals surface area contributed by atoms with E-state index < -0.39 is 6.36 Å². The van der Waals surface area contributed by atoms with Gasteiger partial charge in [0.1, 0.15) is 5.75 Å². The largest absolute Gasteiger partial charge is 0.573 e. The van der Waals surface area contributed by atoms with Crippen LogP contribution in [0.2, 0.25) is 0 Å². The lowest BCUT2D eigenvalue weighted by atomic mass is 10.0. The number of halogens is 3. The van der Waals surface area contributed by atoms with Crippen LogP contribution in [0.1, 0.15) is 22.3 Å². The lowest BCUT2D eigenvalue weighted by Gasteiger charge is -2.20. The van der Waals surface area contributed by atoms with Gasteiger partial charge < -0.3 is 10.1 Å². The van der Waals surface area contributed by atoms with Crippen LogP contribution in [0.15, 0.2) is 29.6 Å². The summed E-state index contributed by atoms with van der Waals surface area (Å²) in [6.45, 7) is 1.89. The van der Waals surface area contributed by atoms with Crippen LogP contribution < -0.4 is 10.1 Å². The number of aryl methyl sites for hydroxylation is 1. The quantitative estimate of drug-likeness (QED) is 0.910. The van der Waals surface area contributed by atoms with Crippen molar-refractivity contribution in [1.82, 2.24) is 10.3 Å². The molecule has 3 nitrogen and oxygen atoms in total. The monoisotopic (exact) mass is 316 g/mol. The number of aromatic nitrogens is 1. The number of para-hydroxylation sites is 1. The van der Waals surface area contributed by atoms with Crippen molar-refractivity contribution in [2.75, 3.05) is 7.05 Å². The van der Waals surface area contributed by atoms with Gasteiger partial charge in [0.2, 0.25) is 0 Å². The van der Waals surface area contributed by atoms with Crippen LogP contribution in [0.25, 0.3) is 0 Å². The number of rotatable bonds is 5. The summed E-state index contributed by atoms with van der Waals surface area (Å²) in [6, 6.07) is 5.85. The Morgan fingerprint density at radius 2 is 2.05 bits per heavy atom. The van der Waals surface area contributed by atoms with Crippen LogP contribution >= 0.6 is 11.3 Å². The van der Waals surface area contributed by atoms with E-state index in [2.05, 4.69) is 15.0 Å². The maximum atomic E-state index is 12.5. The molecule has 0 spiro atoms. The van der Waals surface area contributed by atoms with Crippen LogP contribution in [0, 0.1) is 6.92 Å². The Labute approximate surface area is 124 Å². The molecule has 0 aliphatic heterocycles. The fraction of sp³-hybridized carbons (Fsp3) is 0.357. The van der Waals surface area contributed by atoms with Gasteiger partial charge in [0.05, 0.1) is 10.7 Å². The second-order valence-corrected chi connectivity index (χ2v) is 5.55. The molecule has 1 atom stereocenters. The van der Waals surface area contributed by atoms with Crippen molar-refractivity contribution in [1.29, 1.82) is 0 Å². The molecule has 0 aliphatic rings. The average molecular weight is 316 g/mol. The van der Waals surface area contributed by atoms with Gasteiger partial charge in [-0.25, -0.2) is 4.98 Å². The van der Waals surface area contributed by atoms with E-state index in [9.17, 15) is 13.2 Å². The summed E-state index contributed by atoms with van der Waals surface area (Å²) in [6.07, 6.45) is -4.20. The molecule has 0 amide bonds. The summed E-state index contributed by atoms with van der Waals surface area (Å²) in [5, 5.41) is 5.86. The zero-order valence-electron chi connectivity index (χ0n) is 11.6. The molecule has 1 aromatic carbocycles. The SMILES string of the molecule is CNC(Cc1csc(C)n1)c1ccccc1OC(F)(F)F. The predicted molar refractivity (Wildman–Crippen MR) is 75.5 cm³/mol. The van der Waals surface area contributed by atoms with E-state index in [0.29, 0.717) is 12.0 Å². The first-order valence-electron chi connectivity index (χ1n) is 6.32. The van der Waals surface area contributed by atoms with Crippen molar-refractivity contribution in [3.8, 4) is 5.75 Å². The van der Waals surface area contributed by atoms with Crippen LogP contribution in [-0.2, 0) is 6.42 Å². The third-order valence-electron chi connectivity index (χ3n) is 2.95. The lowest BCUT2D eigenvalue weighted by molar-refractivity contribution is -0.275. The standard InChI is InChI=1S/C14H15F3N2OS/c1-9-19-10(8-21-9)7-12(18-2)11-5-3-4-6-13(11)20-14(15,16)17/h3-6,8,12,18H,7H2,1-2H3. The molecular formula is C14H15F3N2OS. The Morgan fingerprint density at radius 1 is 1.33 bits per heavy atom. The number of ether oxygens (including phenoxy) is 1. The van der Waals surface area contributed by atoms with Crippen LogP contribution in [-0.4, -0.2) is 18.4 Å². The fourth-order valence-electron chi connectivity index (χ4n) is 2.06. The highest BCUT2D eigenvalue weighted by Gasteiger charge is 2.32. The van der Waals surface area contributed by atoms with E-state index in [0.717, 1.165) is 10.7 Å². The van der Waals surface area contributed by atoms with E-state index in [1.807, 2.05) is 12.3 Å². The van der Waals surface area contributed by atoms with Gasteiger partial charge >= 0.3 is 6.36 Å². The van der Waals surface area contributed by atoms with Gasteiger partial charge in [0, 0.05) is 23.4 Å². The molecule has 0 radical (unpaired) electrons. The zero-order chi connectivity index (χ0) is 15.5. The Kier molecular flexibility index (Phi) is 4.84. The van der Waals surface area contributed by atoms with Crippen LogP contribution in [0.4, 0.5) is 13.2 Å². The maximum Gasteiger partial charge on any atom is 0.573 e. The Morgan fingerprint density at radius 3 is 2.62 bits per heavy atom. The Balaban J connectivity index is 2.25. The molecule has 2 rings (SSSR count). The lowest BCUT2D eigenvalue weighted by Crippen LogP contribution is -2.23. The first kappa shape index (κ1) is 15.8. The number of nitrogens with one attached hydrogen (secondary N) is 1. The number of alkyl halides is 3. The number of hydrogen-bond acceptors (Lipinski definition) is 4. The minimum Gasteiger partial charge on any atom is -0.405 e. The van der Waals surface area contributed by atoms with Crippen LogP contribution in [0.3, 0.4) is 0 Å². The van der Waals surface area contributed by atoms with E-state index in [1.165, 1.54) is 23.5 Å². The van der Waals surface area contributed by atoms with Gasteiger partial charge in [0.15, 0.2) is 0 Å². The van der Waals surface area contributed by atoms with Crippen molar-refractivity contribution < 1.29 is 17.9 Å². The van der Waals surface area contributed by atoms with Crippen molar-refractivity contribution in [3.05, 3.63) is 45.9 Å². The van der Waals surface area contributed by atoms with E-state index in [4.69, 9.17) is 0 Å². The molecule has 0 saturated heterocycles. The molecule has 0 fully saturated rings. The minimum atomic E-state index is -4.70. The molecule has 2 aromatic rings. The average Bonchev–Trinajstić information content (AvgIpc) is 2.81. The second-order valence-electron chi connectivity index (χ2n) is 4.49. The molecule has 1 unspecified atom stereocenters. The highest BCUT2D eigenvalue weighted by Crippen LogP contribution is 2.31. The summed E-state index contributed by atoms with van der Waals surface area (Å²) in [4.78, 5) is 4.34. The van der Waals surface area contributed by atoms with Crippen molar-refractivity contribution >= 4 is 11.3 Å². The second kappa shape index (κ2) is 6.44. The third kappa shape index (κ3) is 4.44. The number of hydrogen-bond donors (Lipinski definition) is 1. The smallest absolute Gasteiger partial charge is 0.405 e. The number of likely N-dealkylation sites (N-methyl/N-ethyl adjacent to an activating group) is 1. The van der Waals surface area contributed by atoms with Crippen molar-refractivity contribution in [2.24, 2.45) is 0 Å². The normalized spacial score (nSPS) is 13.2. The number of nitrogens with zero attached hydrogens (tertiary/aromatic N) is 1. The summed E-state index contributed by atoms with van der Waals surface area (Å²) < 4.78 is 41.5. The summed E-state index contributed by atoms with van der Waals surface area (Å²) >= 11 is 1.52. The van der Waals surface area contributed by atoms with E-state index >= 15 is 0 Å². The Bertz CT molecular complexity index is 598. The molecule has 114 valence electrons. The van der Waals surface area contributed by atoms with E-state index in [1.54, 1.807) is 19.2 Å². The third-order valence-corrected chi connectivity index (χ3v) is 3.77. The Hall–Kier alpha value is -1.60. The van der Waals surface area contributed by atoms with Gasteiger partial charge in [0.25, 0.3) is 0 Å². The summed E-state index contributed by atoms with van der Waals surface area (Å²) in [7, 11) is 1.70. The summed E-state index contributed by atoms with van der Waals surface area (Å²) in [5.41, 5.74) is 1.31. The highest BCUT2D eigenvalue weighted by atomic mass is 32.1. The highest BCUT2D eigenvalue weighted by molar-refractivity contribution is 7.09. The van der Waals surface area contributed by atoms with Gasteiger partial charge in [-0.1, -0.05) is 18.2 Å². The first-order valence-corrected chi connectivity index (χ1v) is 7.20. The summed E-state index contributed by atoms with van der Waals surface area (Å²) in [5.74, 6) is -0.184. The molecule has 7 heteroatoms. The van der Waals surface area contributed by atoms with Gasteiger partial charge in [-0.05, 0) is 20.0 Å². The molecule has 0 saturated carbocycles. The molecule has 0 aliphatic carbocycles. The molecular weight excluding hydrogens is 301 g/mol. The zero-order valence-corrected chi connectivity index (χ0v) is 12.4. The molecule has 1 N–H and O–H groups in total. The molecule has 21 heavy (non-hydrogen) atoms. The van der Waals surface area contributed by atoms with Gasteiger partial charge in [-0.3, -0.25) is 0 Å². The van der Waals surface area contributed by atoms with Gasteiger partial charge in [-0.15, -0.1) is 24.5 Å². The van der Waals surface area contributed by atoms with Crippen LogP contribution in [0.5, 0.6) is 5.75 Å². The molecule has 1 aromatic heterocycles.